The first-order chi connectivity index (χ1) is 19.4. The molecular formula is C29H29N5O5S. The number of carbonyl (C=O) groups is 1. The number of nitrogens with one attached hydrogen (secondary N) is 2. The fourth-order valence-electron chi connectivity index (χ4n) is 4.53. The fraction of sp³-hybridized carbons (Fsp3) is 0.207. The molecule has 40 heavy (non-hydrogen) atoms. The van der Waals surface area contributed by atoms with Crippen LogP contribution in [0.15, 0.2) is 83.2 Å². The summed E-state index contributed by atoms with van der Waals surface area (Å²) < 4.78 is 17.9. The van der Waals surface area contributed by atoms with E-state index in [1.54, 1.807) is 36.1 Å². The second kappa shape index (κ2) is 11.6. The number of fused-ring (bicyclic) bond motifs is 1. The van der Waals surface area contributed by atoms with Gasteiger partial charge < -0.3 is 30.0 Å². The molecule has 0 unspecified atom stereocenters. The summed E-state index contributed by atoms with van der Waals surface area (Å²) in [7, 11) is 4.46. The molecule has 1 aromatic heterocycles. The van der Waals surface area contributed by atoms with Gasteiger partial charge in [0, 0.05) is 11.4 Å². The Kier molecular flexibility index (Phi) is 7.83. The molecule has 0 saturated carbocycles. The zero-order valence-electron chi connectivity index (χ0n) is 22.5. The molecule has 4 aromatic rings. The molecule has 10 nitrogen and oxygen atoms in total. The first-order valence-corrected chi connectivity index (χ1v) is 13.4. The quantitative estimate of drug-likeness (QED) is 0.237. The molecule has 0 radical (unpaired) electrons. The lowest BCUT2D eigenvalue weighted by atomic mass is 9.94. The number of hydrogen-bond donors (Lipinski definition) is 3. The van der Waals surface area contributed by atoms with Crippen LogP contribution < -0.4 is 24.8 Å². The topological polar surface area (TPSA) is 120 Å². The first kappa shape index (κ1) is 26.9. The molecule has 1 atom stereocenters. The fourth-order valence-corrected chi connectivity index (χ4v) is 5.31. The van der Waals surface area contributed by atoms with Crippen LogP contribution in [0.5, 0.6) is 23.0 Å². The van der Waals surface area contributed by atoms with E-state index in [-0.39, 0.29) is 23.2 Å². The highest BCUT2D eigenvalue weighted by molar-refractivity contribution is 7.98. The Balaban J connectivity index is 1.58. The third kappa shape index (κ3) is 5.28. The average molecular weight is 560 g/mol. The third-order valence-electron chi connectivity index (χ3n) is 6.46. The minimum atomic E-state index is -0.715. The van der Waals surface area contributed by atoms with Gasteiger partial charge in [0.05, 0.1) is 32.6 Å². The number of para-hydroxylation sites is 2. The largest absolute Gasteiger partial charge is 0.502 e. The van der Waals surface area contributed by atoms with Gasteiger partial charge in [-0.15, -0.1) is 5.10 Å². The normalized spacial score (nSPS) is 14.2. The van der Waals surface area contributed by atoms with E-state index in [1.807, 2.05) is 49.4 Å². The van der Waals surface area contributed by atoms with E-state index in [4.69, 9.17) is 24.3 Å². The van der Waals surface area contributed by atoms with Gasteiger partial charge in [-0.25, -0.2) is 4.68 Å². The molecule has 0 spiro atoms. The predicted molar refractivity (Wildman–Crippen MR) is 153 cm³/mol. The number of hydrogen-bond acceptors (Lipinski definition) is 9. The van der Waals surface area contributed by atoms with Crippen molar-refractivity contribution in [2.24, 2.45) is 0 Å². The number of methoxy groups -OCH3 is 3. The van der Waals surface area contributed by atoms with Gasteiger partial charge in [0.25, 0.3) is 5.91 Å². The van der Waals surface area contributed by atoms with Gasteiger partial charge in [-0.05, 0) is 42.3 Å². The molecule has 3 aromatic carbocycles. The van der Waals surface area contributed by atoms with E-state index in [9.17, 15) is 9.90 Å². The summed E-state index contributed by atoms with van der Waals surface area (Å²) in [4.78, 5) is 18.6. The number of rotatable bonds is 9. The maximum atomic E-state index is 13.9. The van der Waals surface area contributed by atoms with Crippen LogP contribution in [-0.2, 0) is 10.5 Å². The number of allylic oxidation sites excluding steroid dienone is 1. The number of benzene rings is 3. The lowest BCUT2D eigenvalue weighted by Gasteiger charge is -2.29. The van der Waals surface area contributed by atoms with Crippen LogP contribution in [0.3, 0.4) is 0 Å². The molecule has 11 heteroatoms. The van der Waals surface area contributed by atoms with Crippen LogP contribution in [0, 0.1) is 0 Å². The minimum absolute atomic E-state index is 0.138. The van der Waals surface area contributed by atoms with Crippen molar-refractivity contribution in [3.63, 3.8) is 0 Å². The van der Waals surface area contributed by atoms with E-state index in [1.165, 1.54) is 26.0 Å². The van der Waals surface area contributed by atoms with Crippen LogP contribution in [0.25, 0.3) is 0 Å². The zero-order chi connectivity index (χ0) is 28.2. The third-order valence-corrected chi connectivity index (χ3v) is 7.37. The van der Waals surface area contributed by atoms with Gasteiger partial charge in [0.15, 0.2) is 11.5 Å². The number of amides is 1. The van der Waals surface area contributed by atoms with Crippen molar-refractivity contribution in [2.75, 3.05) is 32.0 Å². The molecule has 1 amide bonds. The summed E-state index contributed by atoms with van der Waals surface area (Å²) >= 11 is 1.49. The van der Waals surface area contributed by atoms with E-state index in [0.29, 0.717) is 45.1 Å². The summed E-state index contributed by atoms with van der Waals surface area (Å²) in [6.45, 7) is 1.81. The Morgan fingerprint density at radius 2 is 1.65 bits per heavy atom. The standard InChI is InChI=1S/C29H29N5O5S/c1-17-24(27(36)31-20-12-8-9-13-21(20)37-2)25(19-14-22(38-3)26(35)23(15-19)39-4)34-28(30-17)32-29(33-34)40-16-18-10-6-5-7-11-18/h5-15,25,35H,16H2,1-4H3,(H,31,36)(H,30,32,33)/t25-/m0/s1. The molecule has 0 saturated heterocycles. The van der Waals surface area contributed by atoms with Crippen molar-refractivity contribution in [1.29, 1.82) is 0 Å². The first-order valence-electron chi connectivity index (χ1n) is 12.4. The smallest absolute Gasteiger partial charge is 0.255 e. The van der Waals surface area contributed by atoms with Crippen LogP contribution >= 0.6 is 11.8 Å². The monoisotopic (exact) mass is 559 g/mol. The lowest BCUT2D eigenvalue weighted by Crippen LogP contribution is -2.31. The summed E-state index contributed by atoms with van der Waals surface area (Å²) in [6, 6.07) is 19.9. The summed E-state index contributed by atoms with van der Waals surface area (Å²) in [5, 5.41) is 22.1. The zero-order valence-corrected chi connectivity index (χ0v) is 23.3. The highest BCUT2D eigenvalue weighted by atomic mass is 32.2. The van der Waals surface area contributed by atoms with Crippen molar-refractivity contribution in [3.8, 4) is 23.0 Å². The Bertz CT molecular complexity index is 1550. The van der Waals surface area contributed by atoms with Crippen LogP contribution in [0.1, 0.15) is 24.1 Å². The second-order valence-corrected chi connectivity index (χ2v) is 9.87. The lowest BCUT2D eigenvalue weighted by molar-refractivity contribution is -0.113. The highest BCUT2D eigenvalue weighted by Crippen LogP contribution is 2.44. The molecule has 5 rings (SSSR count). The predicted octanol–water partition coefficient (Wildman–Crippen LogP) is 5.23. The average Bonchev–Trinajstić information content (AvgIpc) is 3.38. The van der Waals surface area contributed by atoms with Crippen molar-refractivity contribution in [2.45, 2.75) is 23.9 Å². The Morgan fingerprint density at radius 1 is 1.00 bits per heavy atom. The van der Waals surface area contributed by atoms with E-state index in [2.05, 4.69) is 10.6 Å². The SMILES string of the molecule is COc1ccccc1NC(=O)C1=C(C)Nc2nc(SCc3ccccc3)nn2[C@H]1c1cc(OC)c(O)c(OC)c1. The molecule has 0 bridgehead atoms. The number of thioether (sulfide) groups is 1. The number of ether oxygens (including phenoxy) is 3. The Morgan fingerprint density at radius 3 is 2.33 bits per heavy atom. The molecule has 0 aliphatic carbocycles. The molecule has 1 aliphatic heterocycles. The molecule has 2 heterocycles. The minimum Gasteiger partial charge on any atom is -0.502 e. The van der Waals surface area contributed by atoms with Gasteiger partial charge in [-0.1, -0.05) is 54.2 Å². The van der Waals surface area contributed by atoms with E-state index >= 15 is 0 Å². The maximum absolute atomic E-state index is 13.9. The van der Waals surface area contributed by atoms with Gasteiger partial charge >= 0.3 is 0 Å². The van der Waals surface area contributed by atoms with Crippen molar-refractivity contribution in [1.82, 2.24) is 14.8 Å². The second-order valence-electron chi connectivity index (χ2n) is 8.93. The molecule has 206 valence electrons. The van der Waals surface area contributed by atoms with Gasteiger partial charge in [-0.3, -0.25) is 4.79 Å². The number of nitrogens with zero attached hydrogens (tertiary/aromatic N) is 3. The Labute approximate surface area is 236 Å². The number of carbonyl (C=O) groups excluding carboxylic acids is 1. The number of phenolic OH excluding ortho intramolecular Hbond substituents is 1. The number of phenols is 1. The molecular weight excluding hydrogens is 530 g/mol. The van der Waals surface area contributed by atoms with Crippen LogP contribution in [0.4, 0.5) is 11.6 Å². The van der Waals surface area contributed by atoms with E-state index < -0.39 is 6.04 Å². The van der Waals surface area contributed by atoms with Gasteiger partial charge in [-0.2, -0.15) is 4.98 Å². The van der Waals surface area contributed by atoms with Gasteiger partial charge in [0.1, 0.15) is 11.8 Å². The highest BCUT2D eigenvalue weighted by Gasteiger charge is 2.36. The summed E-state index contributed by atoms with van der Waals surface area (Å²) in [5.74, 6) is 1.61. The summed E-state index contributed by atoms with van der Waals surface area (Å²) in [6.07, 6.45) is 0. The number of aromatic nitrogens is 3. The molecule has 0 fully saturated rings. The number of anilines is 2. The van der Waals surface area contributed by atoms with Crippen molar-refractivity contribution in [3.05, 3.63) is 89.1 Å². The van der Waals surface area contributed by atoms with Crippen molar-refractivity contribution < 1.29 is 24.1 Å². The van der Waals surface area contributed by atoms with Crippen LogP contribution in [0.2, 0.25) is 0 Å². The Hall–Kier alpha value is -4.64. The van der Waals surface area contributed by atoms with Gasteiger partial charge in [0.2, 0.25) is 16.9 Å². The van der Waals surface area contributed by atoms with Crippen molar-refractivity contribution >= 4 is 29.3 Å². The molecule has 1 aliphatic rings. The number of aromatic hydroxyl groups is 1. The maximum Gasteiger partial charge on any atom is 0.255 e. The summed E-state index contributed by atoms with van der Waals surface area (Å²) in [5.41, 5.74) is 3.28. The van der Waals surface area contributed by atoms with Crippen LogP contribution in [-0.4, -0.2) is 47.1 Å². The van der Waals surface area contributed by atoms with E-state index in [0.717, 1.165) is 5.56 Å². The molecule has 3 N–H and O–H groups in total.